The van der Waals surface area contributed by atoms with E-state index in [1.54, 1.807) is 72.8 Å². The number of carbonyl (C=O) groups is 3. The topological polar surface area (TPSA) is 88.1 Å². The Bertz CT molecular complexity index is 1250. The zero-order chi connectivity index (χ0) is 26.6. The van der Waals surface area contributed by atoms with Gasteiger partial charge in [-0.1, -0.05) is 37.4 Å². The lowest BCUT2D eigenvalue weighted by Crippen LogP contribution is -2.08. The number of hydrogen-bond acceptors (Lipinski definition) is 7. The molecule has 7 nitrogen and oxygen atoms in total. The van der Waals surface area contributed by atoms with Gasteiger partial charge >= 0.3 is 17.9 Å². The van der Waals surface area contributed by atoms with Gasteiger partial charge in [-0.2, -0.15) is 4.39 Å². The second-order valence-corrected chi connectivity index (χ2v) is 7.68. The summed E-state index contributed by atoms with van der Waals surface area (Å²) in [6.07, 6.45) is 2.21. The molecule has 0 radical (unpaired) electrons. The van der Waals surface area contributed by atoms with Crippen molar-refractivity contribution in [2.24, 2.45) is 0 Å². The molecule has 37 heavy (non-hydrogen) atoms. The second-order valence-electron chi connectivity index (χ2n) is 7.68. The molecule has 0 aliphatic heterocycles. The van der Waals surface area contributed by atoms with E-state index >= 15 is 0 Å². The molecule has 0 bridgehead atoms. The largest absolute Gasteiger partial charge is 0.494 e. The van der Waals surface area contributed by atoms with Crippen molar-refractivity contribution in [2.45, 2.75) is 12.8 Å². The Balaban J connectivity index is 1.45. The molecule has 0 heterocycles. The van der Waals surface area contributed by atoms with Crippen LogP contribution in [0.3, 0.4) is 0 Å². The van der Waals surface area contributed by atoms with Gasteiger partial charge in [-0.15, -0.1) is 0 Å². The van der Waals surface area contributed by atoms with E-state index in [2.05, 4.69) is 17.9 Å². The fraction of sp³-hybridized carbons (Fsp3) is 0.138. The minimum absolute atomic E-state index is 0.0838. The van der Waals surface area contributed by atoms with Crippen molar-refractivity contribution in [3.05, 3.63) is 103 Å². The highest BCUT2D eigenvalue weighted by Gasteiger charge is 2.10. The third-order valence-corrected chi connectivity index (χ3v) is 4.99. The average molecular weight is 505 g/mol. The molecule has 0 amide bonds. The Labute approximate surface area is 213 Å². The summed E-state index contributed by atoms with van der Waals surface area (Å²) >= 11 is 0. The minimum Gasteiger partial charge on any atom is -0.494 e. The van der Waals surface area contributed by atoms with Gasteiger partial charge in [-0.3, -0.25) is 0 Å². The van der Waals surface area contributed by atoms with Gasteiger partial charge in [0.1, 0.15) is 17.2 Å². The van der Waals surface area contributed by atoms with Crippen LogP contribution in [0.1, 0.15) is 23.2 Å². The van der Waals surface area contributed by atoms with E-state index in [0.717, 1.165) is 17.2 Å². The Morgan fingerprint density at radius 2 is 1.24 bits per heavy atom. The molecule has 0 N–H and O–H groups in total. The normalized spacial score (nSPS) is 10.2. The molecule has 0 aliphatic carbocycles. The number of halogens is 1. The van der Waals surface area contributed by atoms with E-state index in [1.165, 1.54) is 0 Å². The Kier molecular flexibility index (Phi) is 9.73. The summed E-state index contributed by atoms with van der Waals surface area (Å²) in [6, 6.07) is 20.5. The number of esters is 3. The lowest BCUT2D eigenvalue weighted by Gasteiger charge is -2.09. The van der Waals surface area contributed by atoms with Crippen LogP contribution in [0.4, 0.5) is 4.39 Å². The molecule has 0 atom stereocenters. The van der Waals surface area contributed by atoms with E-state index in [4.69, 9.17) is 14.2 Å². The Morgan fingerprint density at radius 3 is 1.84 bits per heavy atom. The van der Waals surface area contributed by atoms with Gasteiger partial charge in [-0.25, -0.2) is 14.4 Å². The number of benzene rings is 3. The molecular weight excluding hydrogens is 479 g/mol. The molecule has 0 unspecified atom stereocenters. The lowest BCUT2D eigenvalue weighted by molar-refractivity contribution is -0.140. The summed E-state index contributed by atoms with van der Waals surface area (Å²) in [5, 5.41) is 0. The van der Waals surface area contributed by atoms with Crippen LogP contribution in [0, 0.1) is 0 Å². The molecule has 8 heteroatoms. The SMILES string of the molecule is C=CC(=O)Oc1ccc(-c2ccc(C(=O)Oc3ccc(OCCCCOC(=O)C(=C)F)cc3)cc2)cc1. The summed E-state index contributed by atoms with van der Waals surface area (Å²) in [6.45, 7) is 6.69. The van der Waals surface area contributed by atoms with Gasteiger partial charge < -0.3 is 18.9 Å². The molecular formula is C29H25FO7. The van der Waals surface area contributed by atoms with Crippen LogP contribution < -0.4 is 14.2 Å². The summed E-state index contributed by atoms with van der Waals surface area (Å²) in [5.74, 6) is -1.84. The molecule has 0 spiro atoms. The van der Waals surface area contributed by atoms with Crippen LogP contribution in [0.25, 0.3) is 11.1 Å². The fourth-order valence-electron chi connectivity index (χ4n) is 3.08. The summed E-state index contributed by atoms with van der Waals surface area (Å²) < 4.78 is 33.2. The summed E-state index contributed by atoms with van der Waals surface area (Å²) in [4.78, 5) is 34.7. The van der Waals surface area contributed by atoms with E-state index < -0.39 is 23.7 Å². The van der Waals surface area contributed by atoms with Gasteiger partial charge in [0.15, 0.2) is 0 Å². The van der Waals surface area contributed by atoms with Crippen molar-refractivity contribution < 1.29 is 37.7 Å². The van der Waals surface area contributed by atoms with E-state index in [0.29, 0.717) is 42.3 Å². The minimum atomic E-state index is -1.12. The number of unbranched alkanes of at least 4 members (excludes halogenated alkanes) is 1. The van der Waals surface area contributed by atoms with Crippen LogP contribution in [0.2, 0.25) is 0 Å². The molecule has 0 aromatic heterocycles. The molecule has 3 aromatic rings. The van der Waals surface area contributed by atoms with Gasteiger partial charge in [-0.05, 0) is 72.5 Å². The predicted octanol–water partition coefficient (Wildman–Crippen LogP) is 5.85. The van der Waals surface area contributed by atoms with Crippen LogP contribution in [-0.2, 0) is 14.3 Å². The van der Waals surface area contributed by atoms with Crippen LogP contribution in [0.15, 0.2) is 97.9 Å². The maximum Gasteiger partial charge on any atom is 0.366 e. The molecule has 190 valence electrons. The highest BCUT2D eigenvalue weighted by molar-refractivity contribution is 5.91. The lowest BCUT2D eigenvalue weighted by atomic mass is 10.0. The van der Waals surface area contributed by atoms with Crippen molar-refractivity contribution in [1.82, 2.24) is 0 Å². The molecule has 0 fully saturated rings. The average Bonchev–Trinajstić information content (AvgIpc) is 2.91. The smallest absolute Gasteiger partial charge is 0.366 e. The van der Waals surface area contributed by atoms with Gasteiger partial charge in [0.05, 0.1) is 18.8 Å². The zero-order valence-corrected chi connectivity index (χ0v) is 20.0. The third-order valence-electron chi connectivity index (χ3n) is 4.99. The number of carbonyl (C=O) groups excluding carboxylic acids is 3. The van der Waals surface area contributed by atoms with Gasteiger partial charge in [0.2, 0.25) is 5.83 Å². The van der Waals surface area contributed by atoms with E-state index in [9.17, 15) is 18.8 Å². The van der Waals surface area contributed by atoms with Crippen molar-refractivity contribution in [2.75, 3.05) is 13.2 Å². The number of rotatable bonds is 12. The van der Waals surface area contributed by atoms with Gasteiger partial charge in [0.25, 0.3) is 0 Å². The van der Waals surface area contributed by atoms with Gasteiger partial charge in [0, 0.05) is 6.08 Å². The van der Waals surface area contributed by atoms with Crippen LogP contribution in [0.5, 0.6) is 17.2 Å². The fourth-order valence-corrected chi connectivity index (χ4v) is 3.08. The number of ether oxygens (including phenoxy) is 4. The predicted molar refractivity (Wildman–Crippen MR) is 135 cm³/mol. The van der Waals surface area contributed by atoms with E-state index in [-0.39, 0.29) is 6.61 Å². The Hall–Kier alpha value is -4.72. The molecule has 3 rings (SSSR count). The molecule has 0 saturated heterocycles. The van der Waals surface area contributed by atoms with E-state index in [1.807, 2.05) is 0 Å². The monoisotopic (exact) mass is 504 g/mol. The maximum atomic E-state index is 12.5. The zero-order valence-electron chi connectivity index (χ0n) is 20.0. The molecule has 3 aromatic carbocycles. The first-order chi connectivity index (χ1) is 17.9. The second kappa shape index (κ2) is 13.4. The molecule has 0 aliphatic rings. The Morgan fingerprint density at radius 1 is 0.730 bits per heavy atom. The third kappa shape index (κ3) is 8.47. The van der Waals surface area contributed by atoms with Crippen LogP contribution >= 0.6 is 0 Å². The summed E-state index contributed by atoms with van der Waals surface area (Å²) in [7, 11) is 0. The van der Waals surface area contributed by atoms with Crippen molar-refractivity contribution in [3.63, 3.8) is 0 Å². The quantitative estimate of drug-likeness (QED) is 0.132. The standard InChI is InChI=1S/C29H25FO7/c1-3-27(31)36-25-12-10-22(11-13-25)21-6-8-23(9-7-21)29(33)37-26-16-14-24(15-17-26)34-18-4-5-19-35-28(32)20(2)30/h3,6-17H,1-2,4-5,18-19H2. The first-order valence-electron chi connectivity index (χ1n) is 11.4. The first kappa shape index (κ1) is 26.9. The maximum absolute atomic E-state index is 12.5. The number of hydrogen-bond donors (Lipinski definition) is 0. The van der Waals surface area contributed by atoms with Crippen molar-refractivity contribution in [3.8, 4) is 28.4 Å². The highest BCUT2D eigenvalue weighted by atomic mass is 19.1. The first-order valence-corrected chi connectivity index (χ1v) is 11.4. The molecule has 0 saturated carbocycles. The summed E-state index contributed by atoms with van der Waals surface area (Å²) in [5.41, 5.74) is 2.16. The highest BCUT2D eigenvalue weighted by Crippen LogP contribution is 2.24. The van der Waals surface area contributed by atoms with Crippen LogP contribution in [-0.4, -0.2) is 31.1 Å². The van der Waals surface area contributed by atoms with Crippen molar-refractivity contribution >= 4 is 17.9 Å². The van der Waals surface area contributed by atoms with Crippen molar-refractivity contribution in [1.29, 1.82) is 0 Å².